The average molecular weight is 276 g/mol. The third-order valence-corrected chi connectivity index (χ3v) is 4.10. The van der Waals surface area contributed by atoms with Gasteiger partial charge in [0.1, 0.15) is 0 Å². The smallest absolute Gasteiger partial charge is 0.0678 e. The first-order valence-corrected chi connectivity index (χ1v) is 7.69. The lowest BCUT2D eigenvalue weighted by atomic mass is 9.89. The van der Waals surface area contributed by atoms with Crippen molar-refractivity contribution in [2.45, 2.75) is 52.0 Å². The number of benzene rings is 1. The molecule has 0 saturated carbocycles. The van der Waals surface area contributed by atoms with E-state index < -0.39 is 0 Å². The molecule has 1 fully saturated rings. The summed E-state index contributed by atoms with van der Waals surface area (Å²) in [6.07, 6.45) is 0.561. The van der Waals surface area contributed by atoms with Gasteiger partial charge in [-0.15, -0.1) is 0 Å². The molecule has 0 radical (unpaired) electrons. The Morgan fingerprint density at radius 3 is 2.15 bits per heavy atom. The van der Waals surface area contributed by atoms with Crippen molar-refractivity contribution in [2.24, 2.45) is 11.7 Å². The molecule has 0 aromatic heterocycles. The van der Waals surface area contributed by atoms with E-state index in [1.54, 1.807) is 0 Å². The molecular weight excluding hydrogens is 248 g/mol. The standard InChI is InChI=1S/C17H28N2O/c1-12(2)17(16(18)15-8-6-5-7-9-15)19-10-13(3)20-14(4)11-19/h5-9,12-14,16-17H,10-11,18H2,1-4H3. The van der Waals surface area contributed by atoms with Gasteiger partial charge in [-0.1, -0.05) is 44.2 Å². The minimum absolute atomic E-state index is 0.0497. The van der Waals surface area contributed by atoms with Crippen LogP contribution in [0.4, 0.5) is 0 Å². The second kappa shape index (κ2) is 6.70. The molecule has 112 valence electrons. The Morgan fingerprint density at radius 1 is 1.10 bits per heavy atom. The van der Waals surface area contributed by atoms with Crippen LogP contribution >= 0.6 is 0 Å². The number of rotatable bonds is 4. The van der Waals surface area contributed by atoms with Gasteiger partial charge in [-0.05, 0) is 25.3 Å². The molecule has 0 amide bonds. The van der Waals surface area contributed by atoms with Gasteiger partial charge in [0.2, 0.25) is 0 Å². The van der Waals surface area contributed by atoms with E-state index in [2.05, 4.69) is 56.9 Å². The van der Waals surface area contributed by atoms with Crippen LogP contribution in [0.3, 0.4) is 0 Å². The normalized spacial score (nSPS) is 27.5. The highest BCUT2D eigenvalue weighted by Crippen LogP contribution is 2.27. The second-order valence-corrected chi connectivity index (χ2v) is 6.38. The molecule has 0 spiro atoms. The molecule has 1 aromatic carbocycles. The predicted octanol–water partition coefficient (Wildman–Crippen LogP) is 2.82. The Kier molecular flexibility index (Phi) is 5.19. The molecule has 0 aliphatic carbocycles. The van der Waals surface area contributed by atoms with Crippen molar-refractivity contribution in [1.29, 1.82) is 0 Å². The van der Waals surface area contributed by atoms with Gasteiger partial charge in [0.25, 0.3) is 0 Å². The molecule has 2 rings (SSSR count). The van der Waals surface area contributed by atoms with E-state index in [0.717, 1.165) is 13.1 Å². The zero-order valence-corrected chi connectivity index (χ0v) is 13.1. The summed E-state index contributed by atoms with van der Waals surface area (Å²) in [4.78, 5) is 2.52. The van der Waals surface area contributed by atoms with Crippen LogP contribution in [0.15, 0.2) is 30.3 Å². The number of hydrogen-bond acceptors (Lipinski definition) is 3. The molecule has 1 aromatic rings. The third kappa shape index (κ3) is 3.60. The van der Waals surface area contributed by atoms with Crippen LogP contribution < -0.4 is 5.73 Å². The summed E-state index contributed by atoms with van der Waals surface area (Å²) in [7, 11) is 0. The van der Waals surface area contributed by atoms with Crippen LogP contribution in [0.5, 0.6) is 0 Å². The maximum Gasteiger partial charge on any atom is 0.0678 e. The largest absolute Gasteiger partial charge is 0.373 e. The average Bonchev–Trinajstić information content (AvgIpc) is 2.38. The van der Waals surface area contributed by atoms with Gasteiger partial charge in [-0.2, -0.15) is 0 Å². The molecular formula is C17H28N2O. The Labute approximate surface area is 123 Å². The molecule has 1 aliphatic rings. The number of nitrogens with zero attached hydrogens (tertiary/aromatic N) is 1. The van der Waals surface area contributed by atoms with Crippen LogP contribution in [-0.4, -0.2) is 36.2 Å². The molecule has 1 saturated heterocycles. The fraction of sp³-hybridized carbons (Fsp3) is 0.647. The first-order chi connectivity index (χ1) is 9.49. The van der Waals surface area contributed by atoms with Gasteiger partial charge >= 0.3 is 0 Å². The SMILES string of the molecule is CC1CN(C(C(C)C)C(N)c2ccccc2)CC(C)O1. The minimum atomic E-state index is 0.0497. The van der Waals surface area contributed by atoms with Crippen molar-refractivity contribution in [3.05, 3.63) is 35.9 Å². The lowest BCUT2D eigenvalue weighted by Gasteiger charge is -2.44. The van der Waals surface area contributed by atoms with Crippen molar-refractivity contribution in [3.8, 4) is 0 Å². The topological polar surface area (TPSA) is 38.5 Å². The summed E-state index contributed by atoms with van der Waals surface area (Å²) in [5.41, 5.74) is 7.80. The summed E-state index contributed by atoms with van der Waals surface area (Å²) >= 11 is 0. The maximum atomic E-state index is 6.58. The minimum Gasteiger partial charge on any atom is -0.373 e. The first kappa shape index (κ1) is 15.5. The molecule has 1 aliphatic heterocycles. The number of nitrogens with two attached hydrogens (primary N) is 1. The molecule has 3 heteroatoms. The maximum absolute atomic E-state index is 6.58. The Hall–Kier alpha value is -0.900. The number of hydrogen-bond donors (Lipinski definition) is 1. The summed E-state index contributed by atoms with van der Waals surface area (Å²) < 4.78 is 5.85. The van der Waals surface area contributed by atoms with E-state index in [1.807, 2.05) is 6.07 Å². The molecule has 2 N–H and O–H groups in total. The zero-order valence-electron chi connectivity index (χ0n) is 13.1. The van der Waals surface area contributed by atoms with Crippen molar-refractivity contribution >= 4 is 0 Å². The van der Waals surface area contributed by atoms with Gasteiger partial charge in [-0.3, -0.25) is 4.90 Å². The Balaban J connectivity index is 2.18. The van der Waals surface area contributed by atoms with Gasteiger partial charge in [0, 0.05) is 25.2 Å². The van der Waals surface area contributed by atoms with Gasteiger partial charge in [-0.25, -0.2) is 0 Å². The quantitative estimate of drug-likeness (QED) is 0.919. The highest BCUT2D eigenvalue weighted by Gasteiger charge is 2.33. The molecule has 3 nitrogen and oxygen atoms in total. The lowest BCUT2D eigenvalue weighted by Crippen LogP contribution is -2.54. The highest BCUT2D eigenvalue weighted by molar-refractivity contribution is 5.20. The van der Waals surface area contributed by atoms with E-state index in [4.69, 9.17) is 10.5 Å². The van der Waals surface area contributed by atoms with Gasteiger partial charge in [0.05, 0.1) is 12.2 Å². The third-order valence-electron chi connectivity index (χ3n) is 4.10. The van der Waals surface area contributed by atoms with E-state index in [0.29, 0.717) is 12.0 Å². The lowest BCUT2D eigenvalue weighted by molar-refractivity contribution is -0.0887. The van der Waals surface area contributed by atoms with E-state index >= 15 is 0 Å². The first-order valence-electron chi connectivity index (χ1n) is 7.69. The Bertz CT molecular complexity index is 397. The van der Waals surface area contributed by atoms with Crippen molar-refractivity contribution in [1.82, 2.24) is 4.90 Å². The summed E-state index contributed by atoms with van der Waals surface area (Å²) in [6.45, 7) is 10.8. The Morgan fingerprint density at radius 2 is 1.65 bits per heavy atom. The van der Waals surface area contributed by atoms with Crippen molar-refractivity contribution < 1.29 is 4.74 Å². The molecule has 0 bridgehead atoms. The second-order valence-electron chi connectivity index (χ2n) is 6.38. The number of morpholine rings is 1. The van der Waals surface area contributed by atoms with Crippen LogP contribution in [-0.2, 0) is 4.74 Å². The molecule has 4 atom stereocenters. The van der Waals surface area contributed by atoms with E-state index in [-0.39, 0.29) is 18.2 Å². The van der Waals surface area contributed by atoms with Crippen LogP contribution in [0, 0.1) is 5.92 Å². The zero-order chi connectivity index (χ0) is 14.7. The summed E-state index contributed by atoms with van der Waals surface area (Å²) in [5, 5.41) is 0. The van der Waals surface area contributed by atoms with Crippen LogP contribution in [0.2, 0.25) is 0 Å². The fourth-order valence-electron chi connectivity index (χ4n) is 3.40. The fourth-order valence-corrected chi connectivity index (χ4v) is 3.40. The molecule has 4 unspecified atom stereocenters. The highest BCUT2D eigenvalue weighted by atomic mass is 16.5. The molecule has 1 heterocycles. The predicted molar refractivity (Wildman–Crippen MR) is 83.6 cm³/mol. The molecule has 20 heavy (non-hydrogen) atoms. The summed E-state index contributed by atoms with van der Waals surface area (Å²) in [6, 6.07) is 10.8. The van der Waals surface area contributed by atoms with Crippen LogP contribution in [0.1, 0.15) is 39.3 Å². The number of ether oxygens (including phenoxy) is 1. The van der Waals surface area contributed by atoms with Gasteiger partial charge < -0.3 is 10.5 Å². The van der Waals surface area contributed by atoms with Crippen molar-refractivity contribution in [2.75, 3.05) is 13.1 Å². The van der Waals surface area contributed by atoms with Crippen LogP contribution in [0.25, 0.3) is 0 Å². The van der Waals surface area contributed by atoms with Crippen molar-refractivity contribution in [3.63, 3.8) is 0 Å². The van der Waals surface area contributed by atoms with E-state index in [1.165, 1.54) is 5.56 Å². The van der Waals surface area contributed by atoms with E-state index in [9.17, 15) is 0 Å². The van der Waals surface area contributed by atoms with Gasteiger partial charge in [0.15, 0.2) is 0 Å². The monoisotopic (exact) mass is 276 g/mol. The summed E-state index contributed by atoms with van der Waals surface area (Å²) in [5.74, 6) is 0.516.